The van der Waals surface area contributed by atoms with Crippen LogP contribution in [0.25, 0.3) is 0 Å². The lowest BCUT2D eigenvalue weighted by Crippen LogP contribution is -2.42. The van der Waals surface area contributed by atoms with Crippen molar-refractivity contribution >= 4 is 21.4 Å². The Kier molecular flexibility index (Phi) is 4.69. The third-order valence-electron chi connectivity index (χ3n) is 4.72. The molecule has 1 aromatic heterocycles. The number of nitrogens with one attached hydrogen (secondary N) is 1. The first-order valence-electron chi connectivity index (χ1n) is 7.87. The minimum atomic E-state index is -3.15. The predicted molar refractivity (Wildman–Crippen MR) is 87.2 cm³/mol. The van der Waals surface area contributed by atoms with E-state index >= 15 is 0 Å². The Bertz CT molecular complexity index is 576. The van der Waals surface area contributed by atoms with Crippen molar-refractivity contribution < 1.29 is 8.42 Å². The molecule has 0 radical (unpaired) electrons. The van der Waals surface area contributed by atoms with E-state index in [0.29, 0.717) is 12.6 Å². The highest BCUT2D eigenvalue weighted by Gasteiger charge is 2.33. The van der Waals surface area contributed by atoms with Gasteiger partial charge in [0.2, 0.25) is 10.0 Å². The van der Waals surface area contributed by atoms with Gasteiger partial charge in [-0.3, -0.25) is 0 Å². The van der Waals surface area contributed by atoms with Crippen molar-refractivity contribution in [2.75, 3.05) is 18.8 Å². The molecule has 2 aliphatic rings. The molecule has 3 heterocycles. The van der Waals surface area contributed by atoms with Gasteiger partial charge in [0.25, 0.3) is 0 Å². The van der Waals surface area contributed by atoms with Crippen molar-refractivity contribution in [1.29, 1.82) is 0 Å². The number of thiophene rings is 1. The van der Waals surface area contributed by atoms with Crippen LogP contribution < -0.4 is 5.32 Å². The molecule has 118 valence electrons. The first kappa shape index (κ1) is 15.5. The predicted octanol–water partition coefficient (Wildman–Crippen LogP) is 2.53. The Balaban J connectivity index is 1.65. The quantitative estimate of drug-likeness (QED) is 0.924. The highest BCUT2D eigenvalue weighted by atomic mass is 32.2. The van der Waals surface area contributed by atoms with Gasteiger partial charge in [0, 0.05) is 23.5 Å². The van der Waals surface area contributed by atoms with Crippen molar-refractivity contribution in [3.8, 4) is 0 Å². The molecule has 2 aliphatic heterocycles. The van der Waals surface area contributed by atoms with Crippen LogP contribution in [0.1, 0.15) is 49.1 Å². The van der Waals surface area contributed by atoms with E-state index in [-0.39, 0.29) is 11.8 Å². The molecule has 0 aliphatic carbocycles. The Morgan fingerprint density at radius 1 is 1.43 bits per heavy atom. The molecular weight excluding hydrogens is 304 g/mol. The second-order valence-corrected chi connectivity index (χ2v) is 9.13. The third-order valence-corrected chi connectivity index (χ3v) is 7.68. The maximum Gasteiger partial charge on any atom is 0.214 e. The first-order valence-corrected chi connectivity index (χ1v) is 10.4. The van der Waals surface area contributed by atoms with Crippen molar-refractivity contribution in [2.45, 2.75) is 51.1 Å². The molecule has 1 aromatic rings. The summed E-state index contributed by atoms with van der Waals surface area (Å²) in [5, 5.41) is 5.51. The van der Waals surface area contributed by atoms with Crippen LogP contribution in [0.4, 0.5) is 0 Å². The summed E-state index contributed by atoms with van der Waals surface area (Å²) in [4.78, 5) is 1.35. The molecule has 0 amide bonds. The summed E-state index contributed by atoms with van der Waals surface area (Å²) in [7, 11) is -3.15. The van der Waals surface area contributed by atoms with Gasteiger partial charge in [-0.05, 0) is 56.2 Å². The van der Waals surface area contributed by atoms with Crippen LogP contribution in [0.3, 0.4) is 0 Å². The zero-order chi connectivity index (χ0) is 14.9. The fraction of sp³-hybridized carbons (Fsp3) is 0.733. The van der Waals surface area contributed by atoms with Crippen LogP contribution in [-0.4, -0.2) is 37.6 Å². The summed E-state index contributed by atoms with van der Waals surface area (Å²) in [6.07, 6.45) is 5.14. The Morgan fingerprint density at radius 2 is 2.29 bits per heavy atom. The third kappa shape index (κ3) is 3.33. The second kappa shape index (κ2) is 6.36. The smallest absolute Gasteiger partial charge is 0.214 e. The molecule has 0 saturated carbocycles. The van der Waals surface area contributed by atoms with Gasteiger partial charge in [0.1, 0.15) is 0 Å². The maximum absolute atomic E-state index is 12.7. The van der Waals surface area contributed by atoms with Crippen LogP contribution in [0.15, 0.2) is 11.4 Å². The molecule has 0 bridgehead atoms. The van der Waals surface area contributed by atoms with Crippen LogP contribution in [0.2, 0.25) is 0 Å². The molecular formula is C15H24N2O2S2. The lowest BCUT2D eigenvalue weighted by atomic mass is 10.0. The molecule has 6 heteroatoms. The molecule has 1 N–H and O–H groups in total. The standard InChI is InChI=1S/C15H24N2O2S2/c1-12-14-6-10-20-15(14)5-9-17(12)21(18,19)11-7-13-4-2-3-8-16-13/h6,10,12-13,16H,2-5,7-9,11H2,1H3. The molecule has 21 heavy (non-hydrogen) atoms. The van der Waals surface area contributed by atoms with E-state index in [4.69, 9.17) is 0 Å². The normalized spacial score (nSPS) is 27.5. The van der Waals surface area contributed by atoms with Crippen LogP contribution in [0.5, 0.6) is 0 Å². The van der Waals surface area contributed by atoms with E-state index in [9.17, 15) is 8.42 Å². The number of sulfonamides is 1. The van der Waals surface area contributed by atoms with Gasteiger partial charge < -0.3 is 5.32 Å². The lowest BCUT2D eigenvalue weighted by Gasteiger charge is -2.33. The minimum Gasteiger partial charge on any atom is -0.314 e. The van der Waals surface area contributed by atoms with Crippen molar-refractivity contribution in [3.63, 3.8) is 0 Å². The summed E-state index contributed by atoms with van der Waals surface area (Å²) >= 11 is 1.75. The lowest BCUT2D eigenvalue weighted by molar-refractivity contribution is 0.325. The zero-order valence-electron chi connectivity index (χ0n) is 12.5. The topological polar surface area (TPSA) is 49.4 Å². The van der Waals surface area contributed by atoms with Crippen molar-refractivity contribution in [1.82, 2.24) is 9.62 Å². The zero-order valence-corrected chi connectivity index (χ0v) is 14.2. The second-order valence-electron chi connectivity index (χ2n) is 6.09. The summed E-state index contributed by atoms with van der Waals surface area (Å²) in [5.74, 6) is 0.272. The summed E-state index contributed by atoms with van der Waals surface area (Å²) in [6.45, 7) is 3.68. The fourth-order valence-electron chi connectivity index (χ4n) is 3.45. The van der Waals surface area contributed by atoms with E-state index in [2.05, 4.69) is 16.8 Å². The van der Waals surface area contributed by atoms with E-state index in [0.717, 1.165) is 25.8 Å². The van der Waals surface area contributed by atoms with E-state index < -0.39 is 10.0 Å². The van der Waals surface area contributed by atoms with Gasteiger partial charge in [-0.25, -0.2) is 8.42 Å². The number of hydrogen-bond donors (Lipinski definition) is 1. The molecule has 2 unspecified atom stereocenters. The molecule has 2 atom stereocenters. The van der Waals surface area contributed by atoms with Gasteiger partial charge in [0.15, 0.2) is 0 Å². The van der Waals surface area contributed by atoms with Crippen molar-refractivity contribution in [2.24, 2.45) is 0 Å². The highest BCUT2D eigenvalue weighted by Crippen LogP contribution is 2.34. The Labute approximate surface area is 131 Å². The largest absolute Gasteiger partial charge is 0.314 e. The number of rotatable bonds is 4. The first-order chi connectivity index (χ1) is 10.1. The number of hydrogen-bond acceptors (Lipinski definition) is 4. The Hall–Kier alpha value is -0.430. The Morgan fingerprint density at radius 3 is 3.05 bits per heavy atom. The van der Waals surface area contributed by atoms with Gasteiger partial charge in [0.05, 0.1) is 5.75 Å². The van der Waals surface area contributed by atoms with Crippen LogP contribution in [-0.2, 0) is 16.4 Å². The van der Waals surface area contributed by atoms with E-state index in [1.54, 1.807) is 15.6 Å². The average molecular weight is 329 g/mol. The molecule has 0 spiro atoms. The van der Waals surface area contributed by atoms with Gasteiger partial charge in [-0.1, -0.05) is 6.42 Å². The van der Waals surface area contributed by atoms with Crippen molar-refractivity contribution in [3.05, 3.63) is 21.9 Å². The van der Waals surface area contributed by atoms with E-state index in [1.165, 1.54) is 23.3 Å². The molecule has 4 nitrogen and oxygen atoms in total. The molecule has 1 saturated heterocycles. The van der Waals surface area contributed by atoms with Gasteiger partial charge in [-0.15, -0.1) is 11.3 Å². The molecule has 3 rings (SSSR count). The molecule has 1 fully saturated rings. The fourth-order valence-corrected chi connectivity index (χ4v) is 6.19. The maximum atomic E-state index is 12.7. The number of piperidine rings is 1. The monoisotopic (exact) mass is 328 g/mol. The number of fused-ring (bicyclic) bond motifs is 1. The van der Waals surface area contributed by atoms with Gasteiger partial charge >= 0.3 is 0 Å². The summed E-state index contributed by atoms with van der Waals surface area (Å²) in [5.41, 5.74) is 1.20. The summed E-state index contributed by atoms with van der Waals surface area (Å²) < 4.78 is 27.1. The summed E-state index contributed by atoms with van der Waals surface area (Å²) in [6, 6.07) is 2.45. The molecule has 0 aromatic carbocycles. The highest BCUT2D eigenvalue weighted by molar-refractivity contribution is 7.89. The van der Waals surface area contributed by atoms with Gasteiger partial charge in [-0.2, -0.15) is 4.31 Å². The SMILES string of the molecule is CC1c2ccsc2CCN1S(=O)(=O)CCC1CCCCN1. The number of nitrogens with zero attached hydrogens (tertiary/aromatic N) is 1. The van der Waals surface area contributed by atoms with Crippen LogP contribution >= 0.6 is 11.3 Å². The van der Waals surface area contributed by atoms with E-state index in [1.807, 2.05) is 6.92 Å². The average Bonchev–Trinajstić information content (AvgIpc) is 2.96. The van der Waals surface area contributed by atoms with Crippen LogP contribution in [0, 0.1) is 0 Å². The minimum absolute atomic E-state index is 0.00989.